The monoisotopic (exact) mass is 591 g/mol. The van der Waals surface area contributed by atoms with Crippen molar-refractivity contribution in [3.05, 3.63) is 35.5 Å². The number of ether oxygens (including phenoxy) is 1. The minimum absolute atomic E-state index is 0.0228. The van der Waals surface area contributed by atoms with Crippen LogP contribution in [0.25, 0.3) is 10.9 Å². The minimum Gasteiger partial charge on any atom is -0.456 e. The number of nitrogens with two attached hydrogens (primary N) is 1. The molecule has 230 valence electrons. The van der Waals surface area contributed by atoms with Gasteiger partial charge in [-0.15, -0.1) is 0 Å². The first-order chi connectivity index (χ1) is 19.8. The number of Topliss-reactive ketones (excluding diaryl/α,β-unsaturated/α-hetero) is 1. The molecule has 42 heavy (non-hydrogen) atoms. The number of rotatable bonds is 11. The van der Waals surface area contributed by atoms with Crippen LogP contribution in [0.5, 0.6) is 0 Å². The van der Waals surface area contributed by atoms with Gasteiger partial charge in [-0.3, -0.25) is 24.0 Å². The molecule has 3 unspecified atom stereocenters. The fraction of sp³-hybridized carbons (Fsp3) is 0.552. The Morgan fingerprint density at radius 2 is 1.81 bits per heavy atom. The topological polar surface area (TPSA) is 172 Å². The molecule has 1 saturated carbocycles. The number of nitrogens with one attached hydrogen (secondary N) is 4. The Balaban J connectivity index is 0.00000111. The van der Waals surface area contributed by atoms with Crippen LogP contribution in [0.3, 0.4) is 0 Å². The Bertz CT molecular complexity index is 1310. The number of amides is 3. The summed E-state index contributed by atoms with van der Waals surface area (Å²) in [6.07, 6.45) is 4.16. The van der Waals surface area contributed by atoms with Crippen LogP contribution >= 0.6 is 0 Å². The molecule has 0 radical (unpaired) electrons. The minimum atomic E-state index is -1.17. The van der Waals surface area contributed by atoms with Crippen molar-refractivity contribution in [1.82, 2.24) is 20.9 Å². The van der Waals surface area contributed by atoms with Gasteiger partial charge in [0.05, 0.1) is 18.1 Å². The van der Waals surface area contributed by atoms with Crippen molar-refractivity contribution in [2.45, 2.75) is 65.0 Å². The Kier molecular flexibility index (Phi) is 11.5. The fourth-order valence-electron chi connectivity index (χ4n) is 4.18. The molecule has 11 nitrogen and oxygen atoms in total. The summed E-state index contributed by atoms with van der Waals surface area (Å²) in [6.45, 7) is 5.03. The van der Waals surface area contributed by atoms with Crippen molar-refractivity contribution < 1.29 is 37.5 Å². The van der Waals surface area contributed by atoms with Gasteiger partial charge in [-0.25, -0.2) is 8.78 Å². The number of fused-ring (bicyclic) bond motifs is 1. The SMILES string of the molecule is CC(C)C(N)C(=O)OCC(=O)C(CC1CCCNC1=O)NC(=O)CNC(=O)c1cc2cc(F)cc(F)c2[nH]1.CC1CC1. The van der Waals surface area contributed by atoms with Crippen molar-refractivity contribution in [2.24, 2.45) is 23.5 Å². The van der Waals surface area contributed by atoms with E-state index in [1.165, 1.54) is 18.9 Å². The molecule has 3 amide bonds. The summed E-state index contributed by atoms with van der Waals surface area (Å²) in [4.78, 5) is 64.7. The van der Waals surface area contributed by atoms with Crippen molar-refractivity contribution in [2.75, 3.05) is 19.7 Å². The van der Waals surface area contributed by atoms with E-state index in [-0.39, 0.29) is 34.8 Å². The van der Waals surface area contributed by atoms with E-state index in [2.05, 4.69) is 27.9 Å². The predicted octanol–water partition coefficient (Wildman–Crippen LogP) is 2.09. The Labute approximate surface area is 242 Å². The molecule has 1 aliphatic heterocycles. The summed E-state index contributed by atoms with van der Waals surface area (Å²) in [5.74, 6) is -4.51. The molecule has 3 atom stereocenters. The highest BCUT2D eigenvalue weighted by atomic mass is 19.1. The molecule has 1 aromatic heterocycles. The van der Waals surface area contributed by atoms with Crippen LogP contribution in [0.4, 0.5) is 8.78 Å². The molecule has 6 N–H and O–H groups in total. The van der Waals surface area contributed by atoms with E-state index in [0.717, 1.165) is 12.0 Å². The Hall–Kier alpha value is -3.87. The average Bonchev–Trinajstić information content (AvgIpc) is 3.60. The molecule has 2 aliphatic rings. The molecular formula is C29H39F2N5O6. The highest BCUT2D eigenvalue weighted by molar-refractivity contribution is 6.00. The zero-order valence-electron chi connectivity index (χ0n) is 24.1. The molecule has 2 fully saturated rings. The molecule has 13 heteroatoms. The van der Waals surface area contributed by atoms with Gasteiger partial charge in [0, 0.05) is 23.9 Å². The van der Waals surface area contributed by atoms with Gasteiger partial charge in [0.2, 0.25) is 11.8 Å². The number of carbonyl (C=O) groups is 5. The smallest absolute Gasteiger partial charge is 0.323 e. The van der Waals surface area contributed by atoms with Gasteiger partial charge < -0.3 is 31.4 Å². The molecule has 2 aromatic rings. The maximum atomic E-state index is 13.9. The number of benzene rings is 1. The number of esters is 1. The van der Waals surface area contributed by atoms with Crippen LogP contribution in [-0.4, -0.2) is 66.2 Å². The van der Waals surface area contributed by atoms with Gasteiger partial charge in [-0.05, 0) is 43.2 Å². The highest BCUT2D eigenvalue weighted by Gasteiger charge is 2.31. The number of hydrogen-bond donors (Lipinski definition) is 5. The van der Waals surface area contributed by atoms with Crippen molar-refractivity contribution in [1.29, 1.82) is 0 Å². The van der Waals surface area contributed by atoms with Crippen LogP contribution in [0.15, 0.2) is 18.2 Å². The first kappa shape index (κ1) is 32.6. The number of aromatic nitrogens is 1. The molecule has 1 aromatic carbocycles. The number of hydrogen-bond acceptors (Lipinski definition) is 7. The second kappa shape index (κ2) is 14.9. The second-order valence-corrected chi connectivity index (χ2v) is 11.2. The van der Waals surface area contributed by atoms with Gasteiger partial charge in [0.15, 0.2) is 12.4 Å². The third-order valence-electron chi connectivity index (χ3n) is 7.16. The van der Waals surface area contributed by atoms with Gasteiger partial charge in [0.25, 0.3) is 5.91 Å². The van der Waals surface area contributed by atoms with E-state index >= 15 is 0 Å². The predicted molar refractivity (Wildman–Crippen MR) is 150 cm³/mol. The van der Waals surface area contributed by atoms with Crippen LogP contribution in [0.2, 0.25) is 0 Å². The third kappa shape index (κ3) is 9.61. The van der Waals surface area contributed by atoms with E-state index in [0.29, 0.717) is 25.5 Å². The van der Waals surface area contributed by atoms with Gasteiger partial charge in [0.1, 0.15) is 23.4 Å². The summed E-state index contributed by atoms with van der Waals surface area (Å²) in [6, 6.07) is 0.868. The summed E-state index contributed by atoms with van der Waals surface area (Å²) >= 11 is 0. The van der Waals surface area contributed by atoms with Crippen LogP contribution in [-0.2, 0) is 23.9 Å². The number of aromatic amines is 1. The molecular weight excluding hydrogens is 552 g/mol. The lowest BCUT2D eigenvalue weighted by Crippen LogP contribution is -2.50. The van der Waals surface area contributed by atoms with E-state index in [9.17, 15) is 32.8 Å². The number of H-pyrrole nitrogens is 1. The summed E-state index contributed by atoms with van der Waals surface area (Å²) in [5.41, 5.74) is 5.57. The molecule has 0 bridgehead atoms. The fourth-order valence-corrected chi connectivity index (χ4v) is 4.18. The quantitative estimate of drug-likeness (QED) is 0.249. The van der Waals surface area contributed by atoms with E-state index in [1.54, 1.807) is 13.8 Å². The second-order valence-electron chi connectivity index (χ2n) is 11.2. The van der Waals surface area contributed by atoms with E-state index in [4.69, 9.17) is 10.5 Å². The highest BCUT2D eigenvalue weighted by Crippen LogP contribution is 2.26. The van der Waals surface area contributed by atoms with Crippen molar-refractivity contribution in [3.8, 4) is 0 Å². The Morgan fingerprint density at radius 1 is 1.12 bits per heavy atom. The van der Waals surface area contributed by atoms with Crippen LogP contribution in [0.1, 0.15) is 63.4 Å². The number of ketones is 1. The number of halogens is 2. The van der Waals surface area contributed by atoms with E-state index in [1.807, 2.05) is 0 Å². The average molecular weight is 592 g/mol. The standard InChI is InChI=1S/C25H31F2N5O6.C4H8/c1-12(2)21(28)25(37)38-11-19(33)17(7-13-4-3-5-29-23(13)35)31-20(34)10-30-24(36)18-8-14-6-15(26)9-16(27)22(14)32-18;1-4-2-3-4/h6,8-9,12-13,17,21,32H,3-5,7,10-11,28H2,1-2H3,(H,29,35)(H,30,36)(H,31,34);4H,2-3H2,1H3. The van der Waals surface area contributed by atoms with E-state index < -0.39 is 66.4 Å². The van der Waals surface area contributed by atoms with Gasteiger partial charge in [-0.1, -0.05) is 33.6 Å². The molecule has 4 rings (SSSR count). The summed E-state index contributed by atoms with van der Waals surface area (Å²) in [7, 11) is 0. The maximum absolute atomic E-state index is 13.9. The number of carbonyl (C=O) groups excluding carboxylic acids is 5. The largest absolute Gasteiger partial charge is 0.456 e. The number of piperidine rings is 1. The van der Waals surface area contributed by atoms with Crippen LogP contribution < -0.4 is 21.7 Å². The Morgan fingerprint density at radius 3 is 2.43 bits per heavy atom. The van der Waals surface area contributed by atoms with Gasteiger partial charge in [-0.2, -0.15) is 0 Å². The summed E-state index contributed by atoms with van der Waals surface area (Å²) < 4.78 is 32.3. The first-order valence-electron chi connectivity index (χ1n) is 14.1. The first-order valence-corrected chi connectivity index (χ1v) is 14.1. The van der Waals surface area contributed by atoms with Gasteiger partial charge >= 0.3 is 5.97 Å². The zero-order valence-corrected chi connectivity index (χ0v) is 24.1. The molecule has 2 heterocycles. The molecule has 0 spiro atoms. The maximum Gasteiger partial charge on any atom is 0.323 e. The third-order valence-corrected chi connectivity index (χ3v) is 7.16. The van der Waals surface area contributed by atoms with Crippen molar-refractivity contribution >= 4 is 40.4 Å². The lowest BCUT2D eigenvalue weighted by molar-refractivity contribution is -0.151. The van der Waals surface area contributed by atoms with Crippen LogP contribution in [0, 0.1) is 29.4 Å². The lowest BCUT2D eigenvalue weighted by Gasteiger charge is -2.26. The normalized spacial score (nSPS) is 17.9. The zero-order chi connectivity index (χ0) is 31.0. The van der Waals surface area contributed by atoms with Crippen molar-refractivity contribution in [3.63, 3.8) is 0 Å². The molecule has 1 saturated heterocycles. The molecule has 1 aliphatic carbocycles. The lowest BCUT2D eigenvalue weighted by atomic mass is 9.90. The summed E-state index contributed by atoms with van der Waals surface area (Å²) in [5, 5.41) is 7.67.